The summed E-state index contributed by atoms with van der Waals surface area (Å²) in [4.78, 5) is 27.9. The van der Waals surface area contributed by atoms with Gasteiger partial charge in [0, 0.05) is 25.6 Å². The largest absolute Gasteiger partial charge is 0.507 e. The number of hydrogen-bond acceptors (Lipinski definition) is 5. The Labute approximate surface area is 195 Å². The summed E-state index contributed by atoms with van der Waals surface area (Å²) in [6.45, 7) is 0.420. The summed E-state index contributed by atoms with van der Waals surface area (Å²) in [6, 6.07) is 17.9. The normalized spacial score (nSPS) is 14.8. The Morgan fingerprint density at radius 3 is 2.45 bits per heavy atom. The number of phenols is 2. The highest BCUT2D eigenvalue weighted by Gasteiger charge is 2.36. The van der Waals surface area contributed by atoms with E-state index in [4.69, 9.17) is 16.9 Å². The first-order valence-corrected chi connectivity index (χ1v) is 10.6. The minimum atomic E-state index is -0.808. The second kappa shape index (κ2) is 9.23. The number of rotatable bonds is 4. The van der Waals surface area contributed by atoms with Gasteiger partial charge in [-0.15, -0.1) is 0 Å². The minimum Gasteiger partial charge on any atom is -0.507 e. The molecule has 4 rings (SSSR count). The van der Waals surface area contributed by atoms with Crippen molar-refractivity contribution < 1.29 is 19.8 Å². The Hall–Kier alpha value is -4.02. The van der Waals surface area contributed by atoms with Crippen LogP contribution in [-0.4, -0.2) is 33.0 Å². The van der Waals surface area contributed by atoms with E-state index in [0.717, 1.165) is 22.8 Å². The zero-order valence-electron chi connectivity index (χ0n) is 17.5. The topological polar surface area (TPSA) is 114 Å². The number of carbonyl (C=O) groups is 2. The number of fused-ring (bicyclic) bond motifs is 1. The fourth-order valence-electron chi connectivity index (χ4n) is 3.85. The summed E-state index contributed by atoms with van der Waals surface area (Å²) in [5, 5.41) is 31.7. The van der Waals surface area contributed by atoms with Gasteiger partial charge >= 0.3 is 0 Å². The molecule has 3 N–H and O–H groups in total. The summed E-state index contributed by atoms with van der Waals surface area (Å²) in [5.41, 5.74) is 3.12. The number of aromatic hydroxyl groups is 2. The highest BCUT2D eigenvalue weighted by atomic mass is 35.5. The second-order valence-corrected chi connectivity index (χ2v) is 8.18. The van der Waals surface area contributed by atoms with Crippen molar-refractivity contribution in [2.24, 2.45) is 0 Å². The molecule has 0 aromatic heterocycles. The molecule has 2 amide bonds. The molecular formula is C25H20ClN3O4. The van der Waals surface area contributed by atoms with Gasteiger partial charge in [-0.05, 0) is 34.9 Å². The molecule has 0 unspecified atom stereocenters. The van der Waals surface area contributed by atoms with Gasteiger partial charge in [0.25, 0.3) is 5.91 Å². The van der Waals surface area contributed by atoms with Crippen molar-refractivity contribution in [2.45, 2.75) is 25.6 Å². The molecule has 166 valence electrons. The van der Waals surface area contributed by atoms with Crippen LogP contribution in [0.2, 0.25) is 5.02 Å². The number of nitriles is 1. The first kappa shape index (κ1) is 22.2. The van der Waals surface area contributed by atoms with Gasteiger partial charge in [0.1, 0.15) is 17.5 Å². The Bertz CT molecular complexity index is 1270. The molecule has 0 saturated heterocycles. The molecule has 1 aliphatic rings. The molecule has 3 aromatic carbocycles. The Kier molecular flexibility index (Phi) is 6.20. The van der Waals surface area contributed by atoms with E-state index in [1.54, 1.807) is 24.3 Å². The van der Waals surface area contributed by atoms with Crippen LogP contribution in [0.4, 0.5) is 0 Å². The maximum absolute atomic E-state index is 13.4. The van der Waals surface area contributed by atoms with Crippen LogP contribution < -0.4 is 5.32 Å². The summed E-state index contributed by atoms with van der Waals surface area (Å²) in [5.74, 6) is -1.67. The monoisotopic (exact) mass is 461 g/mol. The molecule has 1 heterocycles. The molecule has 0 radical (unpaired) electrons. The fourth-order valence-corrected chi connectivity index (χ4v) is 4.02. The summed E-state index contributed by atoms with van der Waals surface area (Å²) >= 11 is 5.96. The lowest BCUT2D eigenvalue weighted by molar-refractivity contribution is -0.126. The SMILES string of the molecule is N#Cc1ccc(CNC(=O)[C@H]2Cc3ccccc3CN2C(=O)c2cc(Cl)c(O)cc2O)cc1. The lowest BCUT2D eigenvalue weighted by atomic mass is 9.92. The van der Waals surface area contributed by atoms with Crippen LogP contribution in [0, 0.1) is 11.3 Å². The molecule has 33 heavy (non-hydrogen) atoms. The van der Waals surface area contributed by atoms with Crippen molar-refractivity contribution in [2.75, 3.05) is 0 Å². The number of phenolic OH excluding ortho intramolecular Hbond substituents is 2. The van der Waals surface area contributed by atoms with Crippen molar-refractivity contribution >= 4 is 23.4 Å². The number of nitrogens with one attached hydrogen (secondary N) is 1. The second-order valence-electron chi connectivity index (χ2n) is 7.77. The number of nitrogens with zero attached hydrogens (tertiary/aromatic N) is 2. The van der Waals surface area contributed by atoms with Crippen LogP contribution in [0.5, 0.6) is 11.5 Å². The van der Waals surface area contributed by atoms with E-state index < -0.39 is 17.7 Å². The zero-order chi connectivity index (χ0) is 23.5. The lowest BCUT2D eigenvalue weighted by Gasteiger charge is -2.36. The first-order valence-electron chi connectivity index (χ1n) is 10.2. The number of carbonyl (C=O) groups excluding carboxylic acids is 2. The van der Waals surface area contributed by atoms with Crippen LogP contribution in [0.25, 0.3) is 0 Å². The van der Waals surface area contributed by atoms with Gasteiger partial charge in [0.15, 0.2) is 0 Å². The third kappa shape index (κ3) is 4.61. The number of hydrogen-bond donors (Lipinski definition) is 3. The zero-order valence-corrected chi connectivity index (χ0v) is 18.2. The molecular weight excluding hydrogens is 442 g/mol. The minimum absolute atomic E-state index is 0.0737. The number of amides is 2. The predicted molar refractivity (Wildman–Crippen MR) is 122 cm³/mol. The van der Waals surface area contributed by atoms with E-state index in [0.29, 0.717) is 12.0 Å². The van der Waals surface area contributed by atoms with Gasteiger partial charge < -0.3 is 20.4 Å². The maximum atomic E-state index is 13.4. The van der Waals surface area contributed by atoms with Crippen molar-refractivity contribution in [3.8, 4) is 17.6 Å². The predicted octanol–water partition coefficient (Wildman–Crippen LogP) is 3.51. The van der Waals surface area contributed by atoms with Crippen LogP contribution in [0.3, 0.4) is 0 Å². The van der Waals surface area contributed by atoms with Crippen LogP contribution >= 0.6 is 11.6 Å². The summed E-state index contributed by atoms with van der Waals surface area (Å²) in [7, 11) is 0. The van der Waals surface area contributed by atoms with E-state index >= 15 is 0 Å². The van der Waals surface area contributed by atoms with E-state index in [-0.39, 0.29) is 35.3 Å². The van der Waals surface area contributed by atoms with Crippen molar-refractivity contribution in [1.29, 1.82) is 5.26 Å². The molecule has 3 aromatic rings. The average Bonchev–Trinajstić information content (AvgIpc) is 2.83. The fraction of sp³-hybridized carbons (Fsp3) is 0.160. The molecule has 8 heteroatoms. The average molecular weight is 462 g/mol. The molecule has 0 bridgehead atoms. The molecule has 7 nitrogen and oxygen atoms in total. The Morgan fingerprint density at radius 2 is 1.76 bits per heavy atom. The van der Waals surface area contributed by atoms with Gasteiger partial charge in [0.2, 0.25) is 5.91 Å². The Morgan fingerprint density at radius 1 is 1.06 bits per heavy atom. The van der Waals surface area contributed by atoms with E-state index in [2.05, 4.69) is 5.32 Å². The van der Waals surface area contributed by atoms with Crippen molar-refractivity contribution in [3.63, 3.8) is 0 Å². The van der Waals surface area contributed by atoms with Gasteiger partial charge in [0.05, 0.1) is 22.2 Å². The molecule has 0 aliphatic carbocycles. The van der Waals surface area contributed by atoms with E-state index in [1.807, 2.05) is 30.3 Å². The molecule has 0 spiro atoms. The first-order chi connectivity index (χ1) is 15.9. The van der Waals surface area contributed by atoms with Gasteiger partial charge in [-0.1, -0.05) is 48.0 Å². The molecule has 1 aliphatic heterocycles. The highest BCUT2D eigenvalue weighted by Crippen LogP contribution is 2.33. The van der Waals surface area contributed by atoms with Crippen LogP contribution in [0.15, 0.2) is 60.7 Å². The van der Waals surface area contributed by atoms with Gasteiger partial charge in [-0.2, -0.15) is 5.26 Å². The third-order valence-corrected chi connectivity index (χ3v) is 5.96. The number of benzene rings is 3. The van der Waals surface area contributed by atoms with E-state index in [9.17, 15) is 19.8 Å². The number of halogens is 1. The highest BCUT2D eigenvalue weighted by molar-refractivity contribution is 6.32. The Balaban J connectivity index is 1.60. The smallest absolute Gasteiger partial charge is 0.258 e. The standard InChI is InChI=1S/C25H20ClN3O4/c26-20-10-19(22(30)11-23(20)31)25(33)29-14-18-4-2-1-3-17(18)9-21(29)24(32)28-13-16-7-5-15(12-27)6-8-16/h1-8,10-11,21,30-31H,9,13-14H2,(H,28,32)/t21-/m1/s1. The van der Waals surface area contributed by atoms with Crippen molar-refractivity contribution in [3.05, 3.63) is 93.5 Å². The van der Waals surface area contributed by atoms with Gasteiger partial charge in [-0.25, -0.2) is 0 Å². The molecule has 1 atom stereocenters. The summed E-state index contributed by atoms with van der Waals surface area (Å²) < 4.78 is 0. The maximum Gasteiger partial charge on any atom is 0.258 e. The van der Waals surface area contributed by atoms with Gasteiger partial charge in [-0.3, -0.25) is 9.59 Å². The van der Waals surface area contributed by atoms with Crippen LogP contribution in [-0.2, 0) is 24.3 Å². The lowest BCUT2D eigenvalue weighted by Crippen LogP contribution is -2.52. The van der Waals surface area contributed by atoms with E-state index in [1.165, 1.54) is 11.0 Å². The van der Waals surface area contributed by atoms with Crippen molar-refractivity contribution in [1.82, 2.24) is 10.2 Å². The third-order valence-electron chi connectivity index (χ3n) is 5.66. The van der Waals surface area contributed by atoms with Crippen LogP contribution in [0.1, 0.15) is 32.6 Å². The summed E-state index contributed by atoms with van der Waals surface area (Å²) in [6.07, 6.45) is 0.313. The molecule has 0 saturated carbocycles. The molecule has 0 fully saturated rings. The quantitative estimate of drug-likeness (QED) is 0.550.